The first kappa shape index (κ1) is 14.6. The number of hydrogen-bond donors (Lipinski definition) is 2. The van der Waals surface area contributed by atoms with Crippen molar-refractivity contribution in [2.45, 2.75) is 6.42 Å². The molecule has 0 unspecified atom stereocenters. The van der Waals surface area contributed by atoms with Crippen LogP contribution in [0, 0.1) is 0 Å². The number of rotatable bonds is 5. The van der Waals surface area contributed by atoms with Gasteiger partial charge in [-0.25, -0.2) is 4.98 Å². The molecule has 6 nitrogen and oxygen atoms in total. The molecule has 4 aromatic rings. The number of benzene rings is 1. The normalized spacial score (nSPS) is 11.0. The van der Waals surface area contributed by atoms with Crippen LogP contribution < -0.4 is 5.32 Å². The highest BCUT2D eigenvalue weighted by Gasteiger charge is 2.11. The Hall–Kier alpha value is -2.93. The largest absolute Gasteiger partial charge is 0.461 e. The van der Waals surface area contributed by atoms with Crippen molar-refractivity contribution in [2.75, 3.05) is 6.54 Å². The number of carbonyl (C=O) groups is 1. The number of H-pyrrole nitrogens is 1. The summed E-state index contributed by atoms with van der Waals surface area (Å²) in [6.45, 7) is 0.486. The summed E-state index contributed by atoms with van der Waals surface area (Å²) in [4.78, 5) is 17.3. The molecule has 0 saturated heterocycles. The number of nitrogens with one attached hydrogen (secondary N) is 2. The molecule has 0 radical (unpaired) electrons. The van der Waals surface area contributed by atoms with Crippen LogP contribution in [-0.4, -0.2) is 27.6 Å². The van der Waals surface area contributed by atoms with Gasteiger partial charge in [-0.2, -0.15) is 5.10 Å². The van der Waals surface area contributed by atoms with E-state index in [1.807, 2.05) is 30.3 Å². The van der Waals surface area contributed by atoms with Crippen molar-refractivity contribution in [3.8, 4) is 11.6 Å². The lowest BCUT2D eigenvalue weighted by Crippen LogP contribution is -2.25. The van der Waals surface area contributed by atoms with Gasteiger partial charge in [-0.15, -0.1) is 11.3 Å². The topological polar surface area (TPSA) is 83.8 Å². The van der Waals surface area contributed by atoms with Gasteiger partial charge >= 0.3 is 0 Å². The Kier molecular flexibility index (Phi) is 3.84. The predicted molar refractivity (Wildman–Crippen MR) is 91.9 cm³/mol. The van der Waals surface area contributed by atoms with E-state index >= 15 is 0 Å². The minimum absolute atomic E-state index is 0.0676. The van der Waals surface area contributed by atoms with Gasteiger partial charge in [0.1, 0.15) is 5.82 Å². The third-order valence-electron chi connectivity index (χ3n) is 3.57. The Morgan fingerprint density at radius 1 is 1.25 bits per heavy atom. The maximum absolute atomic E-state index is 12.2. The lowest BCUT2D eigenvalue weighted by Gasteiger charge is -2.00. The highest BCUT2D eigenvalue weighted by molar-refractivity contribution is 7.20. The number of amides is 1. The number of thiophene rings is 1. The molecular formula is C17H14N4O2S. The minimum Gasteiger partial charge on any atom is -0.461 e. The van der Waals surface area contributed by atoms with Gasteiger partial charge in [0, 0.05) is 17.7 Å². The first-order chi connectivity index (χ1) is 11.8. The van der Waals surface area contributed by atoms with Gasteiger partial charge in [-0.05, 0) is 29.7 Å². The molecule has 0 saturated carbocycles. The zero-order valence-electron chi connectivity index (χ0n) is 12.7. The van der Waals surface area contributed by atoms with Gasteiger partial charge in [-0.3, -0.25) is 9.89 Å². The molecule has 24 heavy (non-hydrogen) atoms. The highest BCUT2D eigenvalue weighted by atomic mass is 32.1. The van der Waals surface area contributed by atoms with E-state index in [0.29, 0.717) is 35.3 Å². The lowest BCUT2D eigenvalue weighted by molar-refractivity contribution is 0.0958. The van der Waals surface area contributed by atoms with E-state index in [-0.39, 0.29) is 5.91 Å². The second-order valence-electron chi connectivity index (χ2n) is 5.24. The van der Waals surface area contributed by atoms with Gasteiger partial charge in [0.15, 0.2) is 5.76 Å². The van der Waals surface area contributed by atoms with E-state index in [1.165, 1.54) is 11.3 Å². The fourth-order valence-electron chi connectivity index (χ4n) is 2.40. The summed E-state index contributed by atoms with van der Waals surface area (Å²) in [7, 11) is 0. The average Bonchev–Trinajstić information content (AvgIpc) is 3.33. The Labute approximate surface area is 141 Å². The van der Waals surface area contributed by atoms with Gasteiger partial charge in [0.2, 0.25) is 5.82 Å². The van der Waals surface area contributed by atoms with E-state index in [1.54, 1.807) is 18.4 Å². The Bertz CT molecular complexity index is 938. The van der Waals surface area contributed by atoms with E-state index in [0.717, 1.165) is 10.1 Å². The molecule has 3 heterocycles. The van der Waals surface area contributed by atoms with Crippen molar-refractivity contribution in [1.82, 2.24) is 20.5 Å². The molecule has 0 spiro atoms. The predicted octanol–water partition coefficient (Wildman–Crippen LogP) is 3.25. The van der Waals surface area contributed by atoms with Crippen LogP contribution >= 0.6 is 11.3 Å². The summed E-state index contributed by atoms with van der Waals surface area (Å²) in [6, 6.07) is 13.5. The zero-order valence-corrected chi connectivity index (χ0v) is 13.5. The van der Waals surface area contributed by atoms with Crippen LogP contribution in [0.1, 0.15) is 15.5 Å². The number of fused-ring (bicyclic) bond motifs is 1. The molecule has 1 aromatic carbocycles. The van der Waals surface area contributed by atoms with Crippen LogP contribution in [0.2, 0.25) is 0 Å². The molecular weight excluding hydrogens is 324 g/mol. The fourth-order valence-corrected chi connectivity index (χ4v) is 3.38. The number of furan rings is 1. The lowest BCUT2D eigenvalue weighted by atomic mass is 10.2. The van der Waals surface area contributed by atoms with Crippen LogP contribution in [0.3, 0.4) is 0 Å². The summed E-state index contributed by atoms with van der Waals surface area (Å²) in [5.74, 6) is 1.78. The third kappa shape index (κ3) is 2.93. The highest BCUT2D eigenvalue weighted by Crippen LogP contribution is 2.25. The van der Waals surface area contributed by atoms with Crippen LogP contribution in [0.15, 0.2) is 53.1 Å². The smallest absolute Gasteiger partial charge is 0.261 e. The van der Waals surface area contributed by atoms with Gasteiger partial charge in [-0.1, -0.05) is 18.2 Å². The Morgan fingerprint density at radius 2 is 2.17 bits per heavy atom. The average molecular weight is 338 g/mol. The van der Waals surface area contributed by atoms with E-state index in [9.17, 15) is 4.79 Å². The molecule has 0 bridgehead atoms. The number of aromatic nitrogens is 3. The third-order valence-corrected chi connectivity index (χ3v) is 4.68. The Morgan fingerprint density at radius 3 is 3.00 bits per heavy atom. The monoisotopic (exact) mass is 338 g/mol. The molecule has 7 heteroatoms. The van der Waals surface area contributed by atoms with Crippen LogP contribution in [-0.2, 0) is 6.42 Å². The second-order valence-corrected chi connectivity index (χ2v) is 6.32. The maximum atomic E-state index is 12.2. The standard InChI is InChI=1S/C17H14N4O2S/c22-17(14-10-11-4-1-2-6-13(11)24-14)18-8-7-15-19-16(21-20-15)12-5-3-9-23-12/h1-6,9-10H,7-8H2,(H,18,22)(H,19,20,21). The number of carbonyl (C=O) groups excluding carboxylic acids is 1. The van der Waals surface area contributed by atoms with Gasteiger partial charge in [0.05, 0.1) is 11.1 Å². The number of aromatic amines is 1. The molecule has 0 atom stereocenters. The summed E-state index contributed by atoms with van der Waals surface area (Å²) in [6.07, 6.45) is 2.15. The van der Waals surface area contributed by atoms with Crippen molar-refractivity contribution in [3.63, 3.8) is 0 Å². The number of nitrogens with zero attached hydrogens (tertiary/aromatic N) is 2. The quantitative estimate of drug-likeness (QED) is 0.585. The molecule has 120 valence electrons. The molecule has 0 aliphatic rings. The van der Waals surface area contributed by atoms with Crippen molar-refractivity contribution >= 4 is 27.3 Å². The molecule has 4 rings (SSSR count). The molecule has 0 aliphatic carbocycles. The summed E-state index contributed by atoms with van der Waals surface area (Å²) < 4.78 is 6.36. The first-order valence-corrected chi connectivity index (χ1v) is 8.33. The fraction of sp³-hybridized carbons (Fsp3) is 0.118. The molecule has 0 fully saturated rings. The molecule has 3 aromatic heterocycles. The molecule has 2 N–H and O–H groups in total. The van der Waals surface area contributed by atoms with Crippen molar-refractivity contribution < 1.29 is 9.21 Å². The molecule has 1 amide bonds. The van der Waals surface area contributed by atoms with Gasteiger partial charge in [0.25, 0.3) is 5.91 Å². The van der Waals surface area contributed by atoms with Crippen LogP contribution in [0.4, 0.5) is 0 Å². The van der Waals surface area contributed by atoms with E-state index in [4.69, 9.17) is 4.42 Å². The number of hydrogen-bond acceptors (Lipinski definition) is 5. The van der Waals surface area contributed by atoms with E-state index in [2.05, 4.69) is 20.5 Å². The van der Waals surface area contributed by atoms with Gasteiger partial charge < -0.3 is 9.73 Å². The maximum Gasteiger partial charge on any atom is 0.261 e. The SMILES string of the molecule is O=C(NCCc1nc(-c2ccco2)n[nH]1)c1cc2ccccc2s1. The van der Waals surface area contributed by atoms with Crippen LogP contribution in [0.25, 0.3) is 21.7 Å². The summed E-state index contributed by atoms with van der Waals surface area (Å²) >= 11 is 1.49. The zero-order chi connectivity index (χ0) is 16.4. The summed E-state index contributed by atoms with van der Waals surface area (Å²) in [5.41, 5.74) is 0. The Balaban J connectivity index is 1.36. The molecule has 0 aliphatic heterocycles. The van der Waals surface area contributed by atoms with Crippen molar-refractivity contribution in [2.24, 2.45) is 0 Å². The van der Waals surface area contributed by atoms with Crippen LogP contribution in [0.5, 0.6) is 0 Å². The minimum atomic E-state index is -0.0676. The van der Waals surface area contributed by atoms with E-state index < -0.39 is 0 Å². The van der Waals surface area contributed by atoms with Crippen molar-refractivity contribution in [1.29, 1.82) is 0 Å². The summed E-state index contributed by atoms with van der Waals surface area (Å²) in [5, 5.41) is 11.0. The second kappa shape index (κ2) is 6.29. The van der Waals surface area contributed by atoms with Crippen molar-refractivity contribution in [3.05, 3.63) is 59.4 Å². The first-order valence-electron chi connectivity index (χ1n) is 7.51.